The van der Waals surface area contributed by atoms with Crippen molar-refractivity contribution in [3.63, 3.8) is 0 Å². The van der Waals surface area contributed by atoms with Crippen molar-refractivity contribution in [2.45, 2.75) is 11.4 Å². The fourth-order valence-electron chi connectivity index (χ4n) is 3.23. The average Bonchev–Trinajstić information content (AvgIpc) is 2.77. The second kappa shape index (κ2) is 9.20. The molecule has 4 rings (SSSR count). The van der Waals surface area contributed by atoms with Crippen LogP contribution in [0.25, 0.3) is 10.8 Å². The van der Waals surface area contributed by atoms with E-state index < -0.39 is 10.0 Å². The van der Waals surface area contributed by atoms with Crippen molar-refractivity contribution in [3.8, 4) is 0 Å². The van der Waals surface area contributed by atoms with Gasteiger partial charge >= 0.3 is 0 Å². The van der Waals surface area contributed by atoms with Crippen molar-refractivity contribution in [1.29, 1.82) is 0 Å². The molecule has 0 saturated carbocycles. The normalized spacial score (nSPS) is 11.3. The number of sulfonamides is 1. The quantitative estimate of drug-likeness (QED) is 0.358. The zero-order valence-corrected chi connectivity index (χ0v) is 19.0. The van der Waals surface area contributed by atoms with Gasteiger partial charge in [-0.2, -0.15) is 0 Å². The standard InChI is InChI=1S/C24H18Cl2N2O3S/c25-20-12-21(26)14-23(13-20)32(30,31)28-22-9-8-17-10-19(7-6-18(17)11-22)24(29)27-15-16-4-2-1-3-5-16/h1-14,28H,15H2,(H,27,29). The molecule has 2 N–H and O–H groups in total. The van der Waals surface area contributed by atoms with E-state index in [1.807, 2.05) is 30.3 Å². The monoisotopic (exact) mass is 484 g/mol. The molecule has 32 heavy (non-hydrogen) atoms. The molecule has 0 fully saturated rings. The third kappa shape index (κ3) is 5.22. The Labute approximate surface area is 196 Å². The molecule has 0 bridgehead atoms. The maximum atomic E-state index is 12.7. The highest BCUT2D eigenvalue weighted by molar-refractivity contribution is 7.92. The number of rotatable bonds is 6. The Balaban J connectivity index is 1.52. The van der Waals surface area contributed by atoms with E-state index in [4.69, 9.17) is 23.2 Å². The second-order valence-corrected chi connectivity index (χ2v) is 9.71. The summed E-state index contributed by atoms with van der Waals surface area (Å²) in [5.74, 6) is -0.182. The zero-order valence-electron chi connectivity index (χ0n) is 16.7. The molecule has 0 heterocycles. The SMILES string of the molecule is O=C(NCc1ccccc1)c1ccc2cc(NS(=O)(=O)c3cc(Cl)cc(Cl)c3)ccc2c1. The predicted molar refractivity (Wildman–Crippen MR) is 129 cm³/mol. The Kier molecular flexibility index (Phi) is 6.37. The van der Waals surface area contributed by atoms with Gasteiger partial charge in [-0.05, 0) is 58.8 Å². The summed E-state index contributed by atoms with van der Waals surface area (Å²) in [4.78, 5) is 12.5. The Morgan fingerprint density at radius 2 is 1.44 bits per heavy atom. The van der Waals surface area contributed by atoms with E-state index in [1.165, 1.54) is 18.2 Å². The van der Waals surface area contributed by atoms with E-state index in [0.717, 1.165) is 16.3 Å². The van der Waals surface area contributed by atoms with E-state index in [0.29, 0.717) is 17.8 Å². The molecule has 0 unspecified atom stereocenters. The molecule has 0 atom stereocenters. The van der Waals surface area contributed by atoms with Gasteiger partial charge in [-0.15, -0.1) is 0 Å². The number of benzene rings is 4. The summed E-state index contributed by atoms with van der Waals surface area (Å²) < 4.78 is 27.9. The van der Waals surface area contributed by atoms with Crippen LogP contribution in [0, 0.1) is 0 Å². The molecular formula is C24H18Cl2N2O3S. The molecule has 0 aliphatic heterocycles. The molecule has 0 aromatic heterocycles. The summed E-state index contributed by atoms with van der Waals surface area (Å²) in [6.07, 6.45) is 0. The minimum absolute atomic E-state index is 0.0273. The minimum atomic E-state index is -3.87. The van der Waals surface area contributed by atoms with Crippen LogP contribution in [0.2, 0.25) is 10.0 Å². The van der Waals surface area contributed by atoms with Crippen molar-refractivity contribution >= 4 is 55.6 Å². The van der Waals surface area contributed by atoms with Gasteiger partial charge in [0, 0.05) is 27.8 Å². The molecule has 5 nitrogen and oxygen atoms in total. The van der Waals surface area contributed by atoms with E-state index in [9.17, 15) is 13.2 Å². The van der Waals surface area contributed by atoms with Crippen molar-refractivity contribution in [2.75, 3.05) is 4.72 Å². The Morgan fingerprint density at radius 1 is 0.781 bits per heavy atom. The van der Waals surface area contributed by atoms with Crippen LogP contribution in [0.5, 0.6) is 0 Å². The number of carbonyl (C=O) groups excluding carboxylic acids is 1. The van der Waals surface area contributed by atoms with Gasteiger partial charge in [-0.1, -0.05) is 65.7 Å². The van der Waals surface area contributed by atoms with Crippen LogP contribution in [-0.4, -0.2) is 14.3 Å². The molecule has 4 aromatic rings. The Bertz CT molecular complexity index is 1390. The zero-order chi connectivity index (χ0) is 22.7. The van der Waals surface area contributed by atoms with E-state index in [-0.39, 0.29) is 20.8 Å². The summed E-state index contributed by atoms with van der Waals surface area (Å²) in [5, 5.41) is 4.96. The highest BCUT2D eigenvalue weighted by Gasteiger charge is 2.16. The molecule has 0 spiro atoms. The van der Waals surface area contributed by atoms with E-state index >= 15 is 0 Å². The van der Waals surface area contributed by atoms with Crippen molar-refractivity contribution in [1.82, 2.24) is 5.32 Å². The Hall–Kier alpha value is -3.06. The van der Waals surface area contributed by atoms with Gasteiger partial charge in [0.05, 0.1) is 4.90 Å². The average molecular weight is 485 g/mol. The van der Waals surface area contributed by atoms with Gasteiger partial charge in [-0.3, -0.25) is 9.52 Å². The highest BCUT2D eigenvalue weighted by atomic mass is 35.5. The maximum absolute atomic E-state index is 12.7. The van der Waals surface area contributed by atoms with Crippen LogP contribution in [-0.2, 0) is 16.6 Å². The van der Waals surface area contributed by atoms with E-state index in [2.05, 4.69) is 10.0 Å². The van der Waals surface area contributed by atoms with Gasteiger partial charge in [-0.25, -0.2) is 8.42 Å². The van der Waals surface area contributed by atoms with Gasteiger partial charge in [0.2, 0.25) is 0 Å². The number of anilines is 1. The molecule has 0 saturated heterocycles. The number of hydrogen-bond donors (Lipinski definition) is 2. The largest absolute Gasteiger partial charge is 0.348 e. The van der Waals surface area contributed by atoms with Crippen LogP contribution >= 0.6 is 23.2 Å². The summed E-state index contributed by atoms with van der Waals surface area (Å²) in [6, 6.07) is 24.1. The molecule has 0 aliphatic carbocycles. The lowest BCUT2D eigenvalue weighted by molar-refractivity contribution is 0.0951. The molecule has 8 heteroatoms. The molecule has 4 aromatic carbocycles. The lowest BCUT2D eigenvalue weighted by Gasteiger charge is -2.11. The summed E-state index contributed by atoms with van der Waals surface area (Å²) in [7, 11) is -3.87. The van der Waals surface area contributed by atoms with Gasteiger partial charge in [0.15, 0.2) is 0 Å². The lowest BCUT2D eigenvalue weighted by atomic mass is 10.1. The first-order valence-electron chi connectivity index (χ1n) is 9.65. The number of fused-ring (bicyclic) bond motifs is 1. The number of amides is 1. The summed E-state index contributed by atoms with van der Waals surface area (Å²) in [5.41, 5.74) is 1.92. The van der Waals surface area contributed by atoms with Crippen LogP contribution in [0.3, 0.4) is 0 Å². The Morgan fingerprint density at radius 3 is 2.16 bits per heavy atom. The fourth-order valence-corrected chi connectivity index (χ4v) is 5.00. The minimum Gasteiger partial charge on any atom is -0.348 e. The first kappa shape index (κ1) is 22.1. The smallest absolute Gasteiger partial charge is 0.261 e. The van der Waals surface area contributed by atoms with Gasteiger partial charge < -0.3 is 5.32 Å². The number of carbonyl (C=O) groups is 1. The van der Waals surface area contributed by atoms with Crippen LogP contribution in [0.15, 0.2) is 89.8 Å². The van der Waals surface area contributed by atoms with E-state index in [1.54, 1.807) is 36.4 Å². The fraction of sp³-hybridized carbons (Fsp3) is 0.0417. The van der Waals surface area contributed by atoms with Crippen molar-refractivity contribution < 1.29 is 13.2 Å². The summed E-state index contributed by atoms with van der Waals surface area (Å²) in [6.45, 7) is 0.436. The third-order valence-corrected chi connectivity index (χ3v) is 6.59. The third-order valence-electron chi connectivity index (χ3n) is 4.80. The van der Waals surface area contributed by atoms with Gasteiger partial charge in [0.25, 0.3) is 15.9 Å². The van der Waals surface area contributed by atoms with Crippen molar-refractivity contribution in [3.05, 3.63) is 106 Å². The second-order valence-electron chi connectivity index (χ2n) is 7.16. The first-order chi connectivity index (χ1) is 15.3. The number of halogens is 2. The predicted octanol–water partition coefficient (Wildman–Crippen LogP) is 5.88. The molecule has 0 radical (unpaired) electrons. The number of hydrogen-bond acceptors (Lipinski definition) is 3. The summed E-state index contributed by atoms with van der Waals surface area (Å²) >= 11 is 11.9. The topological polar surface area (TPSA) is 75.3 Å². The molecule has 162 valence electrons. The number of nitrogens with one attached hydrogen (secondary N) is 2. The van der Waals surface area contributed by atoms with Crippen LogP contribution in [0.4, 0.5) is 5.69 Å². The maximum Gasteiger partial charge on any atom is 0.261 e. The van der Waals surface area contributed by atoms with Crippen LogP contribution < -0.4 is 10.0 Å². The lowest BCUT2D eigenvalue weighted by Crippen LogP contribution is -2.22. The highest BCUT2D eigenvalue weighted by Crippen LogP contribution is 2.26. The molecule has 0 aliphatic rings. The molecule has 1 amide bonds. The van der Waals surface area contributed by atoms with Crippen LogP contribution in [0.1, 0.15) is 15.9 Å². The first-order valence-corrected chi connectivity index (χ1v) is 11.9. The van der Waals surface area contributed by atoms with Gasteiger partial charge in [0.1, 0.15) is 0 Å². The van der Waals surface area contributed by atoms with Crippen molar-refractivity contribution in [2.24, 2.45) is 0 Å². The molecular weight excluding hydrogens is 467 g/mol.